The van der Waals surface area contributed by atoms with E-state index in [0.717, 1.165) is 20.6 Å². The minimum atomic E-state index is -0.401. The van der Waals surface area contributed by atoms with E-state index in [9.17, 15) is 14.0 Å². The molecule has 26 heavy (non-hydrogen) atoms. The molecule has 0 N–H and O–H groups in total. The van der Waals surface area contributed by atoms with Gasteiger partial charge in [-0.15, -0.1) is 11.8 Å². The van der Waals surface area contributed by atoms with Gasteiger partial charge in [-0.3, -0.25) is 13.9 Å². The van der Waals surface area contributed by atoms with Crippen LogP contribution in [0.2, 0.25) is 0 Å². The van der Waals surface area contributed by atoms with Crippen LogP contribution in [0.4, 0.5) is 4.39 Å². The molecule has 0 bridgehead atoms. The fourth-order valence-corrected chi connectivity index (χ4v) is 4.10. The van der Waals surface area contributed by atoms with Gasteiger partial charge in [0.05, 0.1) is 5.39 Å². The van der Waals surface area contributed by atoms with Crippen molar-refractivity contribution in [2.45, 2.75) is 30.4 Å². The summed E-state index contributed by atoms with van der Waals surface area (Å²) in [6.45, 7) is 4.08. The van der Waals surface area contributed by atoms with Gasteiger partial charge in [-0.25, -0.2) is 14.2 Å². The van der Waals surface area contributed by atoms with E-state index in [0.29, 0.717) is 16.8 Å². The average Bonchev–Trinajstić information content (AvgIpc) is 2.63. The number of hydrogen-bond donors (Lipinski definition) is 0. The predicted octanol–water partition coefficient (Wildman–Crippen LogP) is 3.19. The molecule has 136 valence electrons. The molecular formula is C19H20FN3O2S. The number of nitrogens with zero attached hydrogens (tertiary/aromatic N) is 3. The second-order valence-corrected chi connectivity index (χ2v) is 7.50. The average molecular weight is 373 g/mol. The van der Waals surface area contributed by atoms with Crippen LogP contribution in [0.1, 0.15) is 30.9 Å². The fourth-order valence-electron chi connectivity index (χ4n) is 2.82. The zero-order chi connectivity index (χ0) is 19.0. The van der Waals surface area contributed by atoms with E-state index >= 15 is 0 Å². The lowest BCUT2D eigenvalue weighted by molar-refractivity contribution is 0.627. The first-order valence-electron chi connectivity index (χ1n) is 8.27. The monoisotopic (exact) mass is 373 g/mol. The Morgan fingerprint density at radius 3 is 2.38 bits per heavy atom. The first-order valence-corrected chi connectivity index (χ1v) is 9.25. The molecule has 1 aromatic carbocycles. The Kier molecular flexibility index (Phi) is 5.00. The van der Waals surface area contributed by atoms with Crippen molar-refractivity contribution in [3.63, 3.8) is 0 Å². The molecule has 0 fully saturated rings. The molecule has 3 aromatic rings. The first-order chi connectivity index (χ1) is 12.3. The number of fused-ring (bicyclic) bond motifs is 1. The number of halogens is 1. The smallest absolute Gasteiger partial charge is 0.280 e. The van der Waals surface area contributed by atoms with Crippen molar-refractivity contribution in [2.24, 2.45) is 14.1 Å². The SMILES string of the molecule is CC(C)c1cnc2c(c1SCc1ccc(F)cc1)c(=O)n(C)c(=O)n2C. The molecule has 0 spiro atoms. The van der Waals surface area contributed by atoms with E-state index in [2.05, 4.69) is 4.98 Å². The fraction of sp³-hybridized carbons (Fsp3) is 0.316. The van der Waals surface area contributed by atoms with Crippen LogP contribution >= 0.6 is 11.8 Å². The summed E-state index contributed by atoms with van der Waals surface area (Å²) in [4.78, 5) is 30.2. The van der Waals surface area contributed by atoms with Crippen molar-refractivity contribution < 1.29 is 4.39 Å². The molecule has 0 atom stereocenters. The molecule has 3 rings (SSSR count). The van der Waals surface area contributed by atoms with E-state index < -0.39 is 5.69 Å². The van der Waals surface area contributed by atoms with Crippen LogP contribution in [0, 0.1) is 5.82 Å². The molecule has 0 amide bonds. The van der Waals surface area contributed by atoms with E-state index in [1.807, 2.05) is 13.8 Å². The van der Waals surface area contributed by atoms with Gasteiger partial charge in [-0.1, -0.05) is 26.0 Å². The van der Waals surface area contributed by atoms with Gasteiger partial charge in [0.1, 0.15) is 11.5 Å². The summed E-state index contributed by atoms with van der Waals surface area (Å²) in [5.41, 5.74) is 1.55. The maximum atomic E-state index is 13.1. The van der Waals surface area contributed by atoms with Crippen molar-refractivity contribution in [3.05, 3.63) is 68.2 Å². The molecule has 0 unspecified atom stereocenters. The van der Waals surface area contributed by atoms with Gasteiger partial charge in [-0.2, -0.15) is 0 Å². The van der Waals surface area contributed by atoms with E-state index in [1.165, 1.54) is 35.5 Å². The lowest BCUT2D eigenvalue weighted by atomic mass is 10.0. The molecule has 0 aliphatic rings. The molecule has 0 aliphatic carbocycles. The van der Waals surface area contributed by atoms with Gasteiger partial charge in [-0.05, 0) is 29.2 Å². The number of aromatic nitrogens is 3. The number of hydrogen-bond acceptors (Lipinski definition) is 4. The molecule has 5 nitrogen and oxygen atoms in total. The summed E-state index contributed by atoms with van der Waals surface area (Å²) in [5, 5.41) is 0.452. The summed E-state index contributed by atoms with van der Waals surface area (Å²) in [6.07, 6.45) is 1.73. The first kappa shape index (κ1) is 18.4. The molecule has 7 heteroatoms. The van der Waals surface area contributed by atoms with Crippen molar-refractivity contribution >= 4 is 22.8 Å². The van der Waals surface area contributed by atoms with Crippen LogP contribution in [0.5, 0.6) is 0 Å². The highest BCUT2D eigenvalue weighted by molar-refractivity contribution is 7.98. The van der Waals surface area contributed by atoms with Gasteiger partial charge in [0.25, 0.3) is 5.56 Å². The largest absolute Gasteiger partial charge is 0.332 e. The molecule has 0 aliphatic heterocycles. The second-order valence-electron chi connectivity index (χ2n) is 6.52. The zero-order valence-electron chi connectivity index (χ0n) is 15.1. The van der Waals surface area contributed by atoms with Gasteiger partial charge in [0.15, 0.2) is 0 Å². The molecule has 2 aromatic heterocycles. The van der Waals surface area contributed by atoms with Crippen LogP contribution in [-0.2, 0) is 19.8 Å². The normalized spacial score (nSPS) is 11.5. The van der Waals surface area contributed by atoms with Crippen LogP contribution in [0.3, 0.4) is 0 Å². The molecule has 0 saturated carbocycles. The van der Waals surface area contributed by atoms with Crippen molar-refractivity contribution in [1.82, 2.24) is 14.1 Å². The lowest BCUT2D eigenvalue weighted by Gasteiger charge is -2.16. The highest BCUT2D eigenvalue weighted by Crippen LogP contribution is 2.34. The maximum Gasteiger partial charge on any atom is 0.332 e. The Balaban J connectivity index is 2.20. The third kappa shape index (κ3) is 3.19. The predicted molar refractivity (Wildman–Crippen MR) is 102 cm³/mol. The summed E-state index contributed by atoms with van der Waals surface area (Å²) in [6, 6.07) is 6.31. The van der Waals surface area contributed by atoms with Gasteiger partial charge < -0.3 is 0 Å². The standard InChI is InChI=1S/C19H20FN3O2S/c1-11(2)14-9-21-17-15(18(24)23(4)19(25)22(17)3)16(14)26-10-12-5-7-13(20)8-6-12/h5-9,11H,10H2,1-4H3. The third-order valence-corrected chi connectivity index (χ3v) is 5.57. The third-order valence-electron chi connectivity index (χ3n) is 4.37. The Labute approximate surface area is 154 Å². The van der Waals surface area contributed by atoms with E-state index in [4.69, 9.17) is 0 Å². The Hall–Kier alpha value is -2.41. The summed E-state index contributed by atoms with van der Waals surface area (Å²) in [5.74, 6) is 0.481. The van der Waals surface area contributed by atoms with E-state index in [-0.39, 0.29) is 17.3 Å². The molecule has 0 radical (unpaired) electrons. The summed E-state index contributed by atoms with van der Waals surface area (Å²) >= 11 is 1.51. The number of aryl methyl sites for hydroxylation is 1. The topological polar surface area (TPSA) is 56.9 Å². The van der Waals surface area contributed by atoms with Crippen LogP contribution in [-0.4, -0.2) is 14.1 Å². The van der Waals surface area contributed by atoms with Crippen molar-refractivity contribution in [1.29, 1.82) is 0 Å². The second kappa shape index (κ2) is 7.07. The minimum absolute atomic E-state index is 0.171. The van der Waals surface area contributed by atoms with Crippen molar-refractivity contribution in [2.75, 3.05) is 0 Å². The quantitative estimate of drug-likeness (QED) is 0.659. The van der Waals surface area contributed by atoms with Crippen LogP contribution < -0.4 is 11.2 Å². The number of rotatable bonds is 4. The highest BCUT2D eigenvalue weighted by Gasteiger charge is 2.19. The highest BCUT2D eigenvalue weighted by atomic mass is 32.2. The molecular weight excluding hydrogens is 353 g/mol. The Morgan fingerprint density at radius 2 is 1.77 bits per heavy atom. The Morgan fingerprint density at radius 1 is 1.12 bits per heavy atom. The zero-order valence-corrected chi connectivity index (χ0v) is 15.9. The van der Waals surface area contributed by atoms with Crippen LogP contribution in [0.25, 0.3) is 11.0 Å². The van der Waals surface area contributed by atoms with Crippen LogP contribution in [0.15, 0.2) is 44.9 Å². The van der Waals surface area contributed by atoms with Gasteiger partial charge in [0, 0.05) is 30.9 Å². The number of pyridine rings is 1. The summed E-state index contributed by atoms with van der Waals surface area (Å²) < 4.78 is 15.6. The lowest BCUT2D eigenvalue weighted by Crippen LogP contribution is -2.37. The molecule has 0 saturated heterocycles. The van der Waals surface area contributed by atoms with Crippen molar-refractivity contribution in [3.8, 4) is 0 Å². The summed E-state index contributed by atoms with van der Waals surface area (Å²) in [7, 11) is 3.08. The number of thioether (sulfide) groups is 1. The van der Waals surface area contributed by atoms with E-state index in [1.54, 1.807) is 25.4 Å². The van der Waals surface area contributed by atoms with Gasteiger partial charge in [0.2, 0.25) is 0 Å². The maximum absolute atomic E-state index is 13.1. The van der Waals surface area contributed by atoms with Gasteiger partial charge >= 0.3 is 5.69 Å². The molecule has 2 heterocycles. The Bertz CT molecular complexity index is 1090. The minimum Gasteiger partial charge on any atom is -0.280 e. The number of benzene rings is 1.